The molecular formula is C14H19N3O. The third-order valence-electron chi connectivity index (χ3n) is 3.77. The van der Waals surface area contributed by atoms with Crippen LogP contribution in [0.2, 0.25) is 0 Å². The van der Waals surface area contributed by atoms with Crippen LogP contribution in [0.15, 0.2) is 35.2 Å². The SMILES string of the molecule is CCC1CC1NC(c1ccco1)c1nccn1C. The van der Waals surface area contributed by atoms with Gasteiger partial charge in [0.15, 0.2) is 0 Å². The first kappa shape index (κ1) is 11.5. The lowest BCUT2D eigenvalue weighted by Crippen LogP contribution is -2.27. The van der Waals surface area contributed by atoms with E-state index in [4.69, 9.17) is 4.42 Å². The molecule has 1 N–H and O–H groups in total. The topological polar surface area (TPSA) is 43.0 Å². The predicted octanol–water partition coefficient (Wildman–Crippen LogP) is 2.49. The molecule has 4 heteroatoms. The summed E-state index contributed by atoms with van der Waals surface area (Å²) in [6.07, 6.45) is 8.02. The first-order chi connectivity index (χ1) is 8.79. The first-order valence-electron chi connectivity index (χ1n) is 6.56. The Balaban J connectivity index is 1.83. The number of rotatable bonds is 5. The van der Waals surface area contributed by atoms with Crippen molar-refractivity contribution >= 4 is 0 Å². The van der Waals surface area contributed by atoms with Gasteiger partial charge in [-0.05, 0) is 24.5 Å². The minimum absolute atomic E-state index is 0.0570. The van der Waals surface area contributed by atoms with Crippen molar-refractivity contribution in [2.24, 2.45) is 13.0 Å². The molecule has 4 nitrogen and oxygen atoms in total. The molecule has 0 aromatic carbocycles. The molecule has 0 bridgehead atoms. The molecule has 0 radical (unpaired) electrons. The second-order valence-corrected chi connectivity index (χ2v) is 5.02. The molecule has 3 unspecified atom stereocenters. The minimum Gasteiger partial charge on any atom is -0.467 e. The van der Waals surface area contributed by atoms with Crippen LogP contribution in [0, 0.1) is 5.92 Å². The Kier molecular flexibility index (Phi) is 2.96. The first-order valence-corrected chi connectivity index (χ1v) is 6.56. The van der Waals surface area contributed by atoms with Crippen LogP contribution in [0.3, 0.4) is 0 Å². The molecule has 96 valence electrons. The highest BCUT2D eigenvalue weighted by Gasteiger charge is 2.38. The number of imidazole rings is 1. The van der Waals surface area contributed by atoms with E-state index in [2.05, 4.69) is 17.2 Å². The third-order valence-corrected chi connectivity index (χ3v) is 3.77. The average molecular weight is 245 g/mol. The Morgan fingerprint density at radius 2 is 2.50 bits per heavy atom. The number of aryl methyl sites for hydroxylation is 1. The minimum atomic E-state index is 0.0570. The van der Waals surface area contributed by atoms with Crippen LogP contribution in [0.4, 0.5) is 0 Å². The van der Waals surface area contributed by atoms with Gasteiger partial charge >= 0.3 is 0 Å². The van der Waals surface area contributed by atoms with Gasteiger partial charge in [-0.25, -0.2) is 4.98 Å². The molecule has 1 aliphatic rings. The monoisotopic (exact) mass is 245 g/mol. The number of nitrogens with one attached hydrogen (secondary N) is 1. The maximum absolute atomic E-state index is 5.56. The molecule has 0 amide bonds. The molecule has 3 rings (SSSR count). The van der Waals surface area contributed by atoms with E-state index < -0.39 is 0 Å². The summed E-state index contributed by atoms with van der Waals surface area (Å²) in [5, 5.41) is 3.66. The number of aromatic nitrogens is 2. The van der Waals surface area contributed by atoms with Crippen molar-refractivity contribution in [2.45, 2.75) is 31.8 Å². The maximum atomic E-state index is 5.56. The Bertz CT molecular complexity index is 503. The zero-order chi connectivity index (χ0) is 12.5. The lowest BCUT2D eigenvalue weighted by atomic mass is 10.2. The zero-order valence-electron chi connectivity index (χ0n) is 10.8. The van der Waals surface area contributed by atoms with Crippen molar-refractivity contribution in [2.75, 3.05) is 0 Å². The molecule has 0 spiro atoms. The lowest BCUT2D eigenvalue weighted by molar-refractivity contribution is 0.421. The van der Waals surface area contributed by atoms with Crippen molar-refractivity contribution in [3.8, 4) is 0 Å². The standard InChI is InChI=1S/C14H19N3O/c1-3-10-9-11(10)16-13(12-5-4-8-18-12)14-15-6-7-17(14)2/h4-8,10-11,13,16H,3,9H2,1-2H3. The zero-order valence-corrected chi connectivity index (χ0v) is 10.8. The van der Waals surface area contributed by atoms with Crippen LogP contribution in [-0.2, 0) is 7.05 Å². The fourth-order valence-electron chi connectivity index (χ4n) is 2.51. The largest absolute Gasteiger partial charge is 0.467 e. The highest BCUT2D eigenvalue weighted by atomic mass is 16.3. The Morgan fingerprint density at radius 3 is 3.06 bits per heavy atom. The van der Waals surface area contributed by atoms with Gasteiger partial charge in [0.2, 0.25) is 0 Å². The number of hydrogen-bond donors (Lipinski definition) is 1. The Hall–Kier alpha value is -1.55. The van der Waals surface area contributed by atoms with Gasteiger partial charge in [0, 0.05) is 25.5 Å². The van der Waals surface area contributed by atoms with Crippen LogP contribution in [0.5, 0.6) is 0 Å². The fraction of sp³-hybridized carbons (Fsp3) is 0.500. The fourth-order valence-corrected chi connectivity index (χ4v) is 2.51. The molecule has 1 aliphatic carbocycles. The normalized spacial score (nSPS) is 24.1. The van der Waals surface area contributed by atoms with Gasteiger partial charge in [0.05, 0.1) is 6.26 Å². The van der Waals surface area contributed by atoms with Crippen molar-refractivity contribution in [1.29, 1.82) is 0 Å². The van der Waals surface area contributed by atoms with Gasteiger partial charge in [0.25, 0.3) is 0 Å². The van der Waals surface area contributed by atoms with E-state index in [-0.39, 0.29) is 6.04 Å². The molecule has 0 saturated heterocycles. The van der Waals surface area contributed by atoms with Gasteiger partial charge in [-0.15, -0.1) is 0 Å². The Labute approximate surface area is 107 Å². The van der Waals surface area contributed by atoms with Crippen molar-refractivity contribution in [1.82, 2.24) is 14.9 Å². The van der Waals surface area contributed by atoms with Gasteiger partial charge in [-0.2, -0.15) is 0 Å². The van der Waals surface area contributed by atoms with E-state index >= 15 is 0 Å². The summed E-state index contributed by atoms with van der Waals surface area (Å²) in [5.74, 6) is 2.75. The van der Waals surface area contributed by atoms with Gasteiger partial charge in [-0.1, -0.05) is 13.3 Å². The summed E-state index contributed by atoms with van der Waals surface area (Å²) < 4.78 is 7.60. The lowest BCUT2D eigenvalue weighted by Gasteiger charge is -2.16. The van der Waals surface area contributed by atoms with Crippen molar-refractivity contribution in [3.63, 3.8) is 0 Å². The molecule has 2 aromatic rings. The Morgan fingerprint density at radius 1 is 1.61 bits per heavy atom. The van der Waals surface area contributed by atoms with Crippen LogP contribution >= 0.6 is 0 Å². The number of nitrogens with zero attached hydrogens (tertiary/aromatic N) is 2. The molecule has 18 heavy (non-hydrogen) atoms. The molecule has 3 atom stereocenters. The highest BCUT2D eigenvalue weighted by Crippen LogP contribution is 2.36. The molecule has 1 fully saturated rings. The molecule has 1 saturated carbocycles. The van der Waals surface area contributed by atoms with Crippen LogP contribution in [0.1, 0.15) is 37.4 Å². The molecule has 2 heterocycles. The van der Waals surface area contributed by atoms with Crippen molar-refractivity contribution in [3.05, 3.63) is 42.4 Å². The molecule has 0 aliphatic heterocycles. The van der Waals surface area contributed by atoms with E-state index in [0.717, 1.165) is 17.5 Å². The average Bonchev–Trinajstić information content (AvgIpc) is 2.80. The number of furan rings is 1. The smallest absolute Gasteiger partial charge is 0.133 e. The van der Waals surface area contributed by atoms with E-state index in [1.54, 1.807) is 6.26 Å². The quantitative estimate of drug-likeness (QED) is 0.880. The van der Waals surface area contributed by atoms with E-state index in [1.807, 2.05) is 36.1 Å². The van der Waals surface area contributed by atoms with Crippen LogP contribution in [0.25, 0.3) is 0 Å². The van der Waals surface area contributed by atoms with Gasteiger partial charge in [0.1, 0.15) is 17.6 Å². The van der Waals surface area contributed by atoms with E-state index in [0.29, 0.717) is 6.04 Å². The van der Waals surface area contributed by atoms with Crippen LogP contribution < -0.4 is 5.32 Å². The highest BCUT2D eigenvalue weighted by molar-refractivity contribution is 5.17. The summed E-state index contributed by atoms with van der Waals surface area (Å²) in [6.45, 7) is 2.25. The maximum Gasteiger partial charge on any atom is 0.133 e. The third kappa shape index (κ3) is 2.08. The summed E-state index contributed by atoms with van der Waals surface area (Å²) >= 11 is 0. The molecular weight excluding hydrogens is 226 g/mol. The molecule has 2 aromatic heterocycles. The van der Waals surface area contributed by atoms with Crippen LogP contribution in [-0.4, -0.2) is 15.6 Å². The van der Waals surface area contributed by atoms with E-state index in [9.17, 15) is 0 Å². The number of hydrogen-bond acceptors (Lipinski definition) is 3. The van der Waals surface area contributed by atoms with E-state index in [1.165, 1.54) is 12.8 Å². The summed E-state index contributed by atoms with van der Waals surface area (Å²) in [6, 6.07) is 4.59. The van der Waals surface area contributed by atoms with Gasteiger partial charge in [-0.3, -0.25) is 5.32 Å². The second kappa shape index (κ2) is 4.61. The summed E-state index contributed by atoms with van der Waals surface area (Å²) in [5.41, 5.74) is 0. The van der Waals surface area contributed by atoms with Gasteiger partial charge < -0.3 is 8.98 Å². The summed E-state index contributed by atoms with van der Waals surface area (Å²) in [4.78, 5) is 4.44. The van der Waals surface area contributed by atoms with Crippen molar-refractivity contribution < 1.29 is 4.42 Å². The summed E-state index contributed by atoms with van der Waals surface area (Å²) in [7, 11) is 2.02. The second-order valence-electron chi connectivity index (χ2n) is 5.02. The predicted molar refractivity (Wildman–Crippen MR) is 69.1 cm³/mol.